The van der Waals surface area contributed by atoms with Gasteiger partial charge in [-0.2, -0.15) is 0 Å². The van der Waals surface area contributed by atoms with Gasteiger partial charge in [0.15, 0.2) is 0 Å². The van der Waals surface area contributed by atoms with E-state index in [1.54, 1.807) is 12.1 Å². The third kappa shape index (κ3) is 4.05. The van der Waals surface area contributed by atoms with Crippen molar-refractivity contribution >= 4 is 15.9 Å². The first-order valence-electron chi connectivity index (χ1n) is 5.77. The van der Waals surface area contributed by atoms with Gasteiger partial charge in [0.2, 0.25) is 0 Å². The smallest absolute Gasteiger partial charge is 0.137 e. The van der Waals surface area contributed by atoms with E-state index in [4.69, 9.17) is 0 Å². The Morgan fingerprint density at radius 2 is 2.00 bits per heavy atom. The zero-order chi connectivity index (χ0) is 13.0. The molecule has 0 bridgehead atoms. The van der Waals surface area contributed by atoms with Gasteiger partial charge in [-0.1, -0.05) is 19.9 Å². The number of aliphatic hydroxyl groups excluding tert-OH is 1. The molecular weight excluding hydrogens is 285 g/mol. The lowest BCUT2D eigenvalue weighted by Crippen LogP contribution is -2.38. The lowest BCUT2D eigenvalue weighted by Gasteiger charge is -2.25. The Morgan fingerprint density at radius 3 is 2.47 bits per heavy atom. The number of aliphatic hydroxyl groups is 1. The monoisotopic (exact) mass is 303 g/mol. The summed E-state index contributed by atoms with van der Waals surface area (Å²) in [5, 5.41) is 12.6. The molecule has 0 aliphatic rings. The van der Waals surface area contributed by atoms with E-state index in [9.17, 15) is 9.50 Å². The van der Waals surface area contributed by atoms with Gasteiger partial charge >= 0.3 is 0 Å². The largest absolute Gasteiger partial charge is 0.395 e. The molecule has 2 nitrogen and oxygen atoms in total. The number of nitrogens with one attached hydrogen (secondary N) is 1. The van der Waals surface area contributed by atoms with Gasteiger partial charge < -0.3 is 10.4 Å². The average Bonchev–Trinajstić information content (AvgIpc) is 2.28. The van der Waals surface area contributed by atoms with Crippen molar-refractivity contribution in [3.63, 3.8) is 0 Å². The summed E-state index contributed by atoms with van der Waals surface area (Å²) in [5.74, 6) is 0.0925. The Balaban J connectivity index is 2.75. The molecule has 1 aromatic carbocycles. The highest BCUT2D eigenvalue weighted by atomic mass is 79.9. The van der Waals surface area contributed by atoms with Crippen molar-refractivity contribution in [1.82, 2.24) is 5.32 Å². The fourth-order valence-corrected chi connectivity index (χ4v) is 2.05. The van der Waals surface area contributed by atoms with Crippen LogP contribution in [0.1, 0.15) is 32.4 Å². The van der Waals surface area contributed by atoms with Crippen molar-refractivity contribution in [2.24, 2.45) is 5.92 Å². The van der Waals surface area contributed by atoms with Crippen LogP contribution >= 0.6 is 15.9 Å². The third-order valence-corrected chi connectivity index (χ3v) is 3.52. The highest BCUT2D eigenvalue weighted by Crippen LogP contribution is 2.22. The van der Waals surface area contributed by atoms with Crippen LogP contribution in [0.2, 0.25) is 0 Å². The van der Waals surface area contributed by atoms with Gasteiger partial charge in [-0.25, -0.2) is 4.39 Å². The summed E-state index contributed by atoms with van der Waals surface area (Å²) in [5.41, 5.74) is 0.998. The number of hydrogen-bond acceptors (Lipinski definition) is 2. The average molecular weight is 304 g/mol. The molecule has 1 rings (SSSR count). The van der Waals surface area contributed by atoms with E-state index in [1.807, 2.05) is 6.92 Å². The Hall–Kier alpha value is -0.450. The Labute approximate surface area is 110 Å². The molecule has 0 fully saturated rings. The second-order valence-corrected chi connectivity index (χ2v) is 5.45. The molecule has 17 heavy (non-hydrogen) atoms. The molecule has 96 valence electrons. The summed E-state index contributed by atoms with van der Waals surface area (Å²) in [4.78, 5) is 0. The van der Waals surface area contributed by atoms with Crippen LogP contribution < -0.4 is 5.32 Å². The topological polar surface area (TPSA) is 32.3 Å². The molecule has 1 aromatic rings. The first-order chi connectivity index (χ1) is 7.95. The van der Waals surface area contributed by atoms with E-state index in [-0.39, 0.29) is 24.5 Å². The number of rotatable bonds is 5. The van der Waals surface area contributed by atoms with Gasteiger partial charge in [0.25, 0.3) is 0 Å². The van der Waals surface area contributed by atoms with Gasteiger partial charge in [0, 0.05) is 12.1 Å². The minimum Gasteiger partial charge on any atom is -0.395 e. The van der Waals surface area contributed by atoms with Crippen molar-refractivity contribution in [2.75, 3.05) is 6.61 Å². The molecule has 1 unspecified atom stereocenters. The third-order valence-electron chi connectivity index (χ3n) is 2.91. The molecule has 0 saturated carbocycles. The van der Waals surface area contributed by atoms with Crippen molar-refractivity contribution in [3.05, 3.63) is 34.1 Å². The van der Waals surface area contributed by atoms with Crippen molar-refractivity contribution < 1.29 is 9.50 Å². The normalized spacial score (nSPS) is 15.0. The fourth-order valence-electron chi connectivity index (χ4n) is 1.66. The van der Waals surface area contributed by atoms with E-state index in [1.165, 1.54) is 6.07 Å². The molecule has 0 saturated heterocycles. The molecule has 2 N–H and O–H groups in total. The van der Waals surface area contributed by atoms with E-state index in [0.717, 1.165) is 5.56 Å². The number of hydrogen-bond donors (Lipinski definition) is 2. The first kappa shape index (κ1) is 14.6. The van der Waals surface area contributed by atoms with Crippen LogP contribution in [-0.4, -0.2) is 17.8 Å². The molecule has 2 atom stereocenters. The van der Waals surface area contributed by atoms with Gasteiger partial charge in [0.1, 0.15) is 5.82 Å². The Bertz CT molecular complexity index is 370. The Morgan fingerprint density at radius 1 is 1.35 bits per heavy atom. The molecule has 0 aliphatic heterocycles. The summed E-state index contributed by atoms with van der Waals surface area (Å²) >= 11 is 3.17. The lowest BCUT2D eigenvalue weighted by molar-refractivity contribution is 0.201. The van der Waals surface area contributed by atoms with Crippen molar-refractivity contribution in [1.29, 1.82) is 0 Å². The van der Waals surface area contributed by atoms with Crippen LogP contribution in [-0.2, 0) is 0 Å². The first-order valence-corrected chi connectivity index (χ1v) is 6.56. The standard InChI is InChI=1S/C13H19BrFNO/c1-8(2)13(7-17)16-9(3)10-4-5-12(15)11(14)6-10/h4-6,8-9,13,16-17H,7H2,1-3H3/t9?,13-/m1/s1. The minimum atomic E-state index is -0.261. The predicted molar refractivity (Wildman–Crippen MR) is 71.4 cm³/mol. The predicted octanol–water partition coefficient (Wildman–Crippen LogP) is 3.26. The molecule has 0 aromatic heterocycles. The summed E-state index contributed by atoms with van der Waals surface area (Å²) in [7, 11) is 0. The molecule has 0 radical (unpaired) electrons. The fraction of sp³-hybridized carbons (Fsp3) is 0.538. The minimum absolute atomic E-state index is 0.0498. The second kappa shape index (κ2) is 6.47. The molecule has 0 spiro atoms. The molecule has 4 heteroatoms. The summed E-state index contributed by atoms with van der Waals surface area (Å²) in [6.45, 7) is 6.22. The quantitative estimate of drug-likeness (QED) is 0.875. The zero-order valence-corrected chi connectivity index (χ0v) is 12.0. The van der Waals surface area contributed by atoms with E-state index >= 15 is 0 Å². The van der Waals surface area contributed by atoms with E-state index < -0.39 is 0 Å². The van der Waals surface area contributed by atoms with Crippen molar-refractivity contribution in [3.8, 4) is 0 Å². The van der Waals surface area contributed by atoms with Crippen LogP contribution in [0.3, 0.4) is 0 Å². The molecular formula is C13H19BrFNO. The molecule has 0 heterocycles. The molecule has 0 aliphatic carbocycles. The zero-order valence-electron chi connectivity index (χ0n) is 10.4. The second-order valence-electron chi connectivity index (χ2n) is 4.59. The molecule has 0 amide bonds. The maximum Gasteiger partial charge on any atom is 0.137 e. The van der Waals surface area contributed by atoms with Crippen LogP contribution in [0, 0.1) is 11.7 Å². The van der Waals surface area contributed by atoms with E-state index in [0.29, 0.717) is 10.4 Å². The van der Waals surface area contributed by atoms with Crippen LogP contribution in [0.5, 0.6) is 0 Å². The van der Waals surface area contributed by atoms with Crippen molar-refractivity contribution in [2.45, 2.75) is 32.9 Å². The number of halogens is 2. The van der Waals surface area contributed by atoms with Crippen LogP contribution in [0.15, 0.2) is 22.7 Å². The SMILES string of the molecule is CC(N[C@H](CO)C(C)C)c1ccc(F)c(Br)c1. The van der Waals surface area contributed by atoms with E-state index in [2.05, 4.69) is 35.1 Å². The van der Waals surface area contributed by atoms with Crippen LogP contribution in [0.4, 0.5) is 4.39 Å². The van der Waals surface area contributed by atoms with Crippen LogP contribution in [0.25, 0.3) is 0 Å². The highest BCUT2D eigenvalue weighted by Gasteiger charge is 2.16. The summed E-state index contributed by atoms with van der Waals surface area (Å²) in [6.07, 6.45) is 0. The Kier molecular flexibility index (Phi) is 5.56. The number of benzene rings is 1. The summed E-state index contributed by atoms with van der Waals surface area (Å²) in [6, 6.07) is 5.09. The van der Waals surface area contributed by atoms with Gasteiger partial charge in [0.05, 0.1) is 11.1 Å². The van der Waals surface area contributed by atoms with Gasteiger partial charge in [-0.05, 0) is 46.5 Å². The highest BCUT2D eigenvalue weighted by molar-refractivity contribution is 9.10. The maximum atomic E-state index is 13.1. The van der Waals surface area contributed by atoms with Gasteiger partial charge in [-0.15, -0.1) is 0 Å². The maximum absolute atomic E-state index is 13.1. The van der Waals surface area contributed by atoms with Gasteiger partial charge in [-0.3, -0.25) is 0 Å². The summed E-state index contributed by atoms with van der Waals surface area (Å²) < 4.78 is 13.6. The lowest BCUT2D eigenvalue weighted by atomic mass is 10.0.